The molecule has 1 aliphatic rings. The van der Waals surface area contributed by atoms with Gasteiger partial charge in [-0.25, -0.2) is 0 Å². The predicted octanol–water partition coefficient (Wildman–Crippen LogP) is 4.05. The molecule has 1 N–H and O–H groups in total. The highest BCUT2D eigenvalue weighted by atomic mass is 35.5. The van der Waals surface area contributed by atoms with Crippen molar-refractivity contribution in [1.29, 1.82) is 0 Å². The van der Waals surface area contributed by atoms with Crippen LogP contribution in [0.3, 0.4) is 0 Å². The van der Waals surface area contributed by atoms with Crippen molar-refractivity contribution in [2.45, 2.75) is 45.6 Å². The molecule has 1 aliphatic heterocycles. The van der Waals surface area contributed by atoms with E-state index in [2.05, 4.69) is 38.2 Å². The van der Waals surface area contributed by atoms with Gasteiger partial charge in [0.1, 0.15) is 0 Å². The van der Waals surface area contributed by atoms with Gasteiger partial charge in [0.2, 0.25) is 0 Å². The second-order valence-electron chi connectivity index (χ2n) is 6.17. The zero-order valence-corrected chi connectivity index (χ0v) is 11.8. The fraction of sp³-hybridized carbons (Fsp3) is 0.600. The van der Waals surface area contributed by atoms with Gasteiger partial charge in [0.05, 0.1) is 0 Å². The van der Waals surface area contributed by atoms with Crippen LogP contribution in [0.4, 0.5) is 0 Å². The molecule has 0 bridgehead atoms. The van der Waals surface area contributed by atoms with E-state index >= 15 is 0 Å². The van der Waals surface area contributed by atoms with Crippen molar-refractivity contribution in [3.63, 3.8) is 0 Å². The molecular formula is C15H22ClN. The largest absolute Gasteiger partial charge is 0.310 e. The van der Waals surface area contributed by atoms with Gasteiger partial charge in [0, 0.05) is 10.6 Å². The number of hydrogen-bond acceptors (Lipinski definition) is 1. The van der Waals surface area contributed by atoms with E-state index in [0.29, 0.717) is 0 Å². The molecule has 1 aromatic carbocycles. The molecule has 0 spiro atoms. The van der Waals surface area contributed by atoms with E-state index < -0.39 is 0 Å². The summed E-state index contributed by atoms with van der Waals surface area (Å²) in [5.41, 5.74) is 1.89. The first-order chi connectivity index (χ1) is 7.93. The van der Waals surface area contributed by atoms with Crippen LogP contribution in [0.15, 0.2) is 24.3 Å². The van der Waals surface area contributed by atoms with Crippen LogP contribution < -0.4 is 5.32 Å². The summed E-state index contributed by atoms with van der Waals surface area (Å²) in [5.74, 6) is 0. The Kier molecular flexibility index (Phi) is 3.51. The Bertz CT molecular complexity index is 369. The Morgan fingerprint density at radius 3 is 2.35 bits per heavy atom. The van der Waals surface area contributed by atoms with Crippen LogP contribution in [0.5, 0.6) is 0 Å². The van der Waals surface area contributed by atoms with E-state index in [1.165, 1.54) is 18.4 Å². The maximum Gasteiger partial charge on any atom is 0.0406 e. The molecule has 1 unspecified atom stereocenters. The summed E-state index contributed by atoms with van der Waals surface area (Å²) in [6.45, 7) is 8.15. The SMILES string of the molecule is CC(C)(C)C1(Cc2ccc(Cl)cc2)CCCN1. The highest BCUT2D eigenvalue weighted by molar-refractivity contribution is 6.30. The second kappa shape index (κ2) is 4.62. The quantitative estimate of drug-likeness (QED) is 0.836. The van der Waals surface area contributed by atoms with Crippen LogP contribution in [0.1, 0.15) is 39.2 Å². The summed E-state index contributed by atoms with van der Waals surface area (Å²) in [6.07, 6.45) is 3.64. The Hall–Kier alpha value is -0.530. The Morgan fingerprint density at radius 1 is 1.24 bits per heavy atom. The first-order valence-corrected chi connectivity index (χ1v) is 6.80. The van der Waals surface area contributed by atoms with E-state index in [1.807, 2.05) is 12.1 Å². The van der Waals surface area contributed by atoms with Crippen LogP contribution >= 0.6 is 11.6 Å². The molecule has 17 heavy (non-hydrogen) atoms. The van der Waals surface area contributed by atoms with Gasteiger partial charge < -0.3 is 5.32 Å². The van der Waals surface area contributed by atoms with Crippen molar-refractivity contribution in [3.8, 4) is 0 Å². The number of nitrogens with one attached hydrogen (secondary N) is 1. The van der Waals surface area contributed by atoms with Gasteiger partial charge in [-0.15, -0.1) is 0 Å². The molecule has 2 rings (SSSR count). The third-order valence-electron chi connectivity index (χ3n) is 4.10. The van der Waals surface area contributed by atoms with Crippen molar-refractivity contribution >= 4 is 11.6 Å². The van der Waals surface area contributed by atoms with E-state index in [0.717, 1.165) is 18.0 Å². The lowest BCUT2D eigenvalue weighted by molar-refractivity contribution is 0.159. The molecule has 1 atom stereocenters. The van der Waals surface area contributed by atoms with Gasteiger partial charge >= 0.3 is 0 Å². The minimum Gasteiger partial charge on any atom is -0.310 e. The van der Waals surface area contributed by atoms with E-state index in [4.69, 9.17) is 11.6 Å². The van der Waals surface area contributed by atoms with Crippen molar-refractivity contribution < 1.29 is 0 Å². The molecule has 1 nitrogen and oxygen atoms in total. The van der Waals surface area contributed by atoms with Crippen molar-refractivity contribution in [1.82, 2.24) is 5.32 Å². The zero-order chi connectivity index (χ0) is 12.5. The molecule has 1 fully saturated rings. The van der Waals surface area contributed by atoms with Gasteiger partial charge in [0.15, 0.2) is 0 Å². The summed E-state index contributed by atoms with van der Waals surface area (Å²) in [5, 5.41) is 4.56. The standard InChI is InChI=1S/C15H22ClN/c1-14(2,3)15(9-4-10-17-15)11-12-5-7-13(16)8-6-12/h5-8,17H,4,9-11H2,1-3H3. The maximum absolute atomic E-state index is 5.94. The average Bonchev–Trinajstić information content (AvgIpc) is 2.70. The van der Waals surface area contributed by atoms with Crippen molar-refractivity contribution in [3.05, 3.63) is 34.9 Å². The van der Waals surface area contributed by atoms with Crippen molar-refractivity contribution in [2.24, 2.45) is 5.41 Å². The molecule has 0 aliphatic carbocycles. The van der Waals surface area contributed by atoms with Crippen molar-refractivity contribution in [2.75, 3.05) is 6.54 Å². The van der Waals surface area contributed by atoms with Gasteiger partial charge in [-0.05, 0) is 48.9 Å². The van der Waals surface area contributed by atoms with Gasteiger partial charge in [-0.1, -0.05) is 44.5 Å². The molecule has 0 radical (unpaired) electrons. The summed E-state index contributed by atoms with van der Waals surface area (Å²) < 4.78 is 0. The lowest BCUT2D eigenvalue weighted by Gasteiger charge is -2.42. The van der Waals surface area contributed by atoms with Gasteiger partial charge in [-0.3, -0.25) is 0 Å². The van der Waals surface area contributed by atoms with Crippen LogP contribution in [-0.4, -0.2) is 12.1 Å². The predicted molar refractivity (Wildman–Crippen MR) is 74.6 cm³/mol. The molecule has 2 heteroatoms. The van der Waals surface area contributed by atoms with E-state index in [9.17, 15) is 0 Å². The molecule has 0 saturated carbocycles. The smallest absolute Gasteiger partial charge is 0.0406 e. The molecule has 1 saturated heterocycles. The van der Waals surface area contributed by atoms with Gasteiger partial charge in [0.25, 0.3) is 0 Å². The molecular weight excluding hydrogens is 230 g/mol. The molecule has 1 aromatic rings. The topological polar surface area (TPSA) is 12.0 Å². The first kappa shape index (κ1) is 12.9. The number of halogens is 1. The third-order valence-corrected chi connectivity index (χ3v) is 4.35. The summed E-state index contributed by atoms with van der Waals surface area (Å²) in [6, 6.07) is 8.27. The number of benzene rings is 1. The van der Waals surface area contributed by atoms with Crippen LogP contribution in [0, 0.1) is 5.41 Å². The summed E-state index contributed by atoms with van der Waals surface area (Å²) >= 11 is 5.94. The Balaban J connectivity index is 2.22. The molecule has 94 valence electrons. The molecule has 0 amide bonds. The Morgan fingerprint density at radius 2 is 1.88 bits per heavy atom. The minimum atomic E-state index is 0.237. The minimum absolute atomic E-state index is 0.237. The average molecular weight is 252 g/mol. The molecule has 0 aromatic heterocycles. The third kappa shape index (κ3) is 2.66. The van der Waals surface area contributed by atoms with Crippen LogP contribution in [-0.2, 0) is 6.42 Å². The number of rotatable bonds is 2. The van der Waals surface area contributed by atoms with E-state index in [1.54, 1.807) is 0 Å². The Labute approximate surface area is 110 Å². The summed E-state index contributed by atoms with van der Waals surface area (Å²) in [7, 11) is 0. The van der Waals surface area contributed by atoms with Crippen LogP contribution in [0.25, 0.3) is 0 Å². The fourth-order valence-corrected chi connectivity index (χ4v) is 2.94. The number of hydrogen-bond donors (Lipinski definition) is 1. The second-order valence-corrected chi connectivity index (χ2v) is 6.60. The highest BCUT2D eigenvalue weighted by Crippen LogP contribution is 2.39. The zero-order valence-electron chi connectivity index (χ0n) is 11.0. The molecule has 1 heterocycles. The van der Waals surface area contributed by atoms with E-state index in [-0.39, 0.29) is 11.0 Å². The van der Waals surface area contributed by atoms with Crippen LogP contribution in [0.2, 0.25) is 5.02 Å². The lowest BCUT2D eigenvalue weighted by Crippen LogP contribution is -2.52. The van der Waals surface area contributed by atoms with Gasteiger partial charge in [-0.2, -0.15) is 0 Å². The fourth-order valence-electron chi connectivity index (χ4n) is 2.81. The highest BCUT2D eigenvalue weighted by Gasteiger charge is 2.43. The summed E-state index contributed by atoms with van der Waals surface area (Å²) in [4.78, 5) is 0. The lowest BCUT2D eigenvalue weighted by atomic mass is 9.69. The monoisotopic (exact) mass is 251 g/mol. The maximum atomic E-state index is 5.94. The normalized spacial score (nSPS) is 25.2. The first-order valence-electron chi connectivity index (χ1n) is 6.42.